The molecule has 2 aromatic heterocycles. The topological polar surface area (TPSA) is 130 Å². The smallest absolute Gasteiger partial charge is 0.329 e. The zero-order valence-electron chi connectivity index (χ0n) is 15.1. The number of hydrogen-bond donors (Lipinski definition) is 3. The molecule has 2 aromatic rings. The molecule has 4 N–H and O–H groups in total. The molecular weight excluding hydrogens is 324 g/mol. The number of carbonyl (C=O) groups excluding carboxylic acids is 1. The van der Waals surface area contributed by atoms with Crippen molar-refractivity contribution in [2.75, 3.05) is 13.6 Å². The van der Waals surface area contributed by atoms with Gasteiger partial charge in [-0.2, -0.15) is 0 Å². The van der Waals surface area contributed by atoms with Gasteiger partial charge in [0.2, 0.25) is 5.91 Å². The largest absolute Gasteiger partial charge is 0.346 e. The summed E-state index contributed by atoms with van der Waals surface area (Å²) < 4.78 is 1.26. The Balaban J connectivity index is 1.99. The quantitative estimate of drug-likeness (QED) is 0.632. The summed E-state index contributed by atoms with van der Waals surface area (Å²) in [5.41, 5.74) is 5.49. The van der Waals surface area contributed by atoms with Gasteiger partial charge in [-0.1, -0.05) is 13.8 Å². The number of aromatic amines is 2. The van der Waals surface area contributed by atoms with Crippen LogP contribution in [-0.4, -0.2) is 50.0 Å². The molecule has 0 saturated carbocycles. The van der Waals surface area contributed by atoms with Gasteiger partial charge in [0.05, 0.1) is 0 Å². The summed E-state index contributed by atoms with van der Waals surface area (Å²) in [6, 6.07) is 0.0682. The molecule has 1 unspecified atom stereocenters. The molecule has 0 fully saturated rings. The SMILES string of the molecule is CC(C)C(N)CCN(C)C(=O)CCc1nc2c([nH]1)c(=O)[nH]c(=O)n2C. The third-order valence-electron chi connectivity index (χ3n) is 4.46. The number of aryl methyl sites for hydroxylation is 2. The van der Waals surface area contributed by atoms with Crippen LogP contribution < -0.4 is 17.0 Å². The molecule has 9 heteroatoms. The fourth-order valence-electron chi connectivity index (χ4n) is 2.49. The Kier molecular flexibility index (Phi) is 5.78. The Labute approximate surface area is 145 Å². The highest BCUT2D eigenvalue weighted by Crippen LogP contribution is 2.08. The molecule has 0 spiro atoms. The van der Waals surface area contributed by atoms with Crippen molar-refractivity contribution < 1.29 is 4.79 Å². The number of H-pyrrole nitrogens is 2. The lowest BCUT2D eigenvalue weighted by atomic mass is 10.0. The number of nitrogens with zero attached hydrogens (tertiary/aromatic N) is 3. The van der Waals surface area contributed by atoms with Gasteiger partial charge in [0, 0.05) is 39.5 Å². The van der Waals surface area contributed by atoms with Gasteiger partial charge in [0.15, 0.2) is 5.65 Å². The van der Waals surface area contributed by atoms with E-state index in [2.05, 4.69) is 28.8 Å². The number of aromatic nitrogens is 4. The third kappa shape index (κ3) is 4.36. The van der Waals surface area contributed by atoms with Crippen LogP contribution in [0.4, 0.5) is 0 Å². The summed E-state index contributed by atoms with van der Waals surface area (Å²) in [5, 5.41) is 0. The maximum Gasteiger partial charge on any atom is 0.329 e. The summed E-state index contributed by atoms with van der Waals surface area (Å²) in [6.07, 6.45) is 1.38. The van der Waals surface area contributed by atoms with Crippen LogP contribution in [0.25, 0.3) is 11.2 Å². The minimum Gasteiger partial charge on any atom is -0.346 e. The van der Waals surface area contributed by atoms with E-state index in [0.717, 1.165) is 6.42 Å². The van der Waals surface area contributed by atoms with Gasteiger partial charge in [-0.3, -0.25) is 19.1 Å². The lowest BCUT2D eigenvalue weighted by Crippen LogP contribution is -2.34. The fraction of sp³-hybridized carbons (Fsp3) is 0.625. The zero-order chi connectivity index (χ0) is 18.7. The molecule has 0 aliphatic carbocycles. The predicted octanol–water partition coefficient (Wildman–Crippen LogP) is -0.286. The molecule has 138 valence electrons. The molecule has 25 heavy (non-hydrogen) atoms. The van der Waals surface area contributed by atoms with Gasteiger partial charge in [0.1, 0.15) is 11.3 Å². The van der Waals surface area contributed by atoms with Crippen LogP contribution >= 0.6 is 0 Å². The number of carbonyl (C=O) groups is 1. The molecule has 1 atom stereocenters. The zero-order valence-corrected chi connectivity index (χ0v) is 15.1. The Morgan fingerprint density at radius 1 is 1.32 bits per heavy atom. The summed E-state index contributed by atoms with van der Waals surface area (Å²) in [7, 11) is 3.28. The van der Waals surface area contributed by atoms with Crippen LogP contribution in [0.15, 0.2) is 9.59 Å². The highest BCUT2D eigenvalue weighted by Gasteiger charge is 2.15. The minimum atomic E-state index is -0.521. The normalized spacial score (nSPS) is 12.7. The number of amides is 1. The van der Waals surface area contributed by atoms with Crippen LogP contribution in [-0.2, 0) is 18.3 Å². The van der Waals surface area contributed by atoms with Gasteiger partial charge in [-0.05, 0) is 12.3 Å². The summed E-state index contributed by atoms with van der Waals surface area (Å²) in [4.78, 5) is 46.6. The van der Waals surface area contributed by atoms with Crippen LogP contribution in [0.3, 0.4) is 0 Å². The first-order chi connectivity index (χ1) is 11.7. The summed E-state index contributed by atoms with van der Waals surface area (Å²) >= 11 is 0. The second kappa shape index (κ2) is 7.64. The van der Waals surface area contributed by atoms with Crippen LogP contribution in [0, 0.1) is 5.92 Å². The van der Waals surface area contributed by atoms with E-state index in [0.29, 0.717) is 24.7 Å². The van der Waals surface area contributed by atoms with Gasteiger partial charge in [-0.15, -0.1) is 0 Å². The van der Waals surface area contributed by atoms with Crippen molar-refractivity contribution in [1.82, 2.24) is 24.4 Å². The highest BCUT2D eigenvalue weighted by molar-refractivity contribution is 5.76. The van der Waals surface area contributed by atoms with Crippen molar-refractivity contribution in [3.8, 4) is 0 Å². The number of imidazole rings is 1. The molecule has 2 rings (SSSR count). The number of rotatable bonds is 7. The highest BCUT2D eigenvalue weighted by atomic mass is 16.2. The average Bonchev–Trinajstić information content (AvgIpc) is 3.00. The molecule has 0 radical (unpaired) electrons. The van der Waals surface area contributed by atoms with Gasteiger partial charge in [0.25, 0.3) is 5.56 Å². The molecule has 0 aliphatic heterocycles. The van der Waals surface area contributed by atoms with Gasteiger partial charge >= 0.3 is 5.69 Å². The standard InChI is InChI=1S/C16H26N6O3/c1-9(2)10(17)7-8-21(3)12(23)6-5-11-18-13-14(19-11)22(4)16(25)20-15(13)24/h9-10H,5-8,17H2,1-4H3,(H,18,19)(H,20,24,25). The average molecular weight is 350 g/mol. The maximum atomic E-state index is 12.2. The number of nitrogens with two attached hydrogens (primary N) is 1. The Bertz CT molecular complexity index is 863. The molecule has 0 bridgehead atoms. The van der Waals surface area contributed by atoms with E-state index in [4.69, 9.17) is 5.73 Å². The predicted molar refractivity (Wildman–Crippen MR) is 95.3 cm³/mol. The van der Waals surface area contributed by atoms with Gasteiger partial charge < -0.3 is 15.6 Å². The molecule has 9 nitrogen and oxygen atoms in total. The van der Waals surface area contributed by atoms with Crippen molar-refractivity contribution in [2.24, 2.45) is 18.7 Å². The van der Waals surface area contributed by atoms with E-state index in [1.165, 1.54) is 11.6 Å². The molecule has 0 saturated heterocycles. The fourth-order valence-corrected chi connectivity index (χ4v) is 2.49. The Morgan fingerprint density at radius 2 is 2.00 bits per heavy atom. The van der Waals surface area contributed by atoms with E-state index in [1.807, 2.05) is 0 Å². The number of hydrogen-bond acceptors (Lipinski definition) is 5. The van der Waals surface area contributed by atoms with Crippen LogP contribution in [0.5, 0.6) is 0 Å². The second-order valence-corrected chi connectivity index (χ2v) is 6.71. The van der Waals surface area contributed by atoms with Crippen molar-refractivity contribution in [3.05, 3.63) is 26.7 Å². The van der Waals surface area contributed by atoms with E-state index in [9.17, 15) is 14.4 Å². The van der Waals surface area contributed by atoms with Crippen molar-refractivity contribution in [3.63, 3.8) is 0 Å². The monoisotopic (exact) mass is 350 g/mol. The van der Waals surface area contributed by atoms with Gasteiger partial charge in [-0.25, -0.2) is 9.78 Å². The summed E-state index contributed by atoms with van der Waals surface area (Å²) in [5.74, 6) is 0.866. The Morgan fingerprint density at radius 3 is 2.64 bits per heavy atom. The molecular formula is C16H26N6O3. The van der Waals surface area contributed by atoms with Crippen LogP contribution in [0.1, 0.15) is 32.5 Å². The Hall–Kier alpha value is -2.42. The first-order valence-corrected chi connectivity index (χ1v) is 8.38. The van der Waals surface area contributed by atoms with Crippen molar-refractivity contribution in [1.29, 1.82) is 0 Å². The molecule has 0 aliphatic rings. The van der Waals surface area contributed by atoms with E-state index in [1.54, 1.807) is 11.9 Å². The number of fused-ring (bicyclic) bond motifs is 1. The molecule has 2 heterocycles. The third-order valence-corrected chi connectivity index (χ3v) is 4.46. The van der Waals surface area contributed by atoms with E-state index in [-0.39, 0.29) is 29.5 Å². The van der Waals surface area contributed by atoms with E-state index >= 15 is 0 Å². The molecule has 1 amide bonds. The number of nitrogens with one attached hydrogen (secondary N) is 2. The first-order valence-electron chi connectivity index (χ1n) is 8.38. The lowest BCUT2D eigenvalue weighted by molar-refractivity contribution is -0.130. The lowest BCUT2D eigenvalue weighted by Gasteiger charge is -2.21. The van der Waals surface area contributed by atoms with Crippen LogP contribution in [0.2, 0.25) is 0 Å². The maximum absolute atomic E-state index is 12.2. The summed E-state index contributed by atoms with van der Waals surface area (Å²) in [6.45, 7) is 4.72. The molecule has 0 aromatic carbocycles. The second-order valence-electron chi connectivity index (χ2n) is 6.71. The van der Waals surface area contributed by atoms with Crippen molar-refractivity contribution in [2.45, 2.75) is 39.2 Å². The van der Waals surface area contributed by atoms with Crippen molar-refractivity contribution >= 4 is 17.1 Å². The minimum absolute atomic E-state index is 0.0146. The first kappa shape index (κ1) is 18.9. The van der Waals surface area contributed by atoms with E-state index < -0.39 is 11.2 Å².